The molecule has 2 saturated carbocycles. The van der Waals surface area contributed by atoms with Crippen molar-refractivity contribution in [2.75, 3.05) is 6.26 Å². The monoisotopic (exact) mass is 257 g/mol. The molecule has 2 aliphatic rings. The maximum atomic E-state index is 11.6. The zero-order valence-corrected chi connectivity index (χ0v) is 12.0. The molecule has 0 aromatic carbocycles. The molecule has 1 amide bonds. The Morgan fingerprint density at radius 1 is 1.29 bits per heavy atom. The van der Waals surface area contributed by atoms with Crippen molar-refractivity contribution < 1.29 is 9.53 Å². The lowest BCUT2D eigenvalue weighted by Gasteiger charge is -2.57. The van der Waals surface area contributed by atoms with Crippen molar-refractivity contribution in [3.05, 3.63) is 0 Å². The first-order valence-electron chi connectivity index (χ1n) is 6.34. The summed E-state index contributed by atoms with van der Waals surface area (Å²) in [5, 5.41) is 3.82. The minimum absolute atomic E-state index is 0.266. The van der Waals surface area contributed by atoms with E-state index in [1.54, 1.807) is 0 Å². The van der Waals surface area contributed by atoms with Crippen LogP contribution in [0.5, 0.6) is 0 Å². The molecule has 2 fully saturated rings. The van der Waals surface area contributed by atoms with Crippen molar-refractivity contribution in [2.24, 2.45) is 5.41 Å². The molecule has 0 saturated heterocycles. The average molecular weight is 257 g/mol. The summed E-state index contributed by atoms with van der Waals surface area (Å²) in [5.41, 5.74) is 0.166. The highest BCUT2D eigenvalue weighted by Crippen LogP contribution is 2.58. The van der Waals surface area contributed by atoms with E-state index in [1.807, 2.05) is 32.5 Å². The number of amides is 1. The lowest BCUT2D eigenvalue weighted by atomic mass is 9.54. The van der Waals surface area contributed by atoms with Crippen LogP contribution in [0.15, 0.2) is 0 Å². The quantitative estimate of drug-likeness (QED) is 0.825. The largest absolute Gasteiger partial charge is 0.444 e. The van der Waals surface area contributed by atoms with Crippen LogP contribution in [0.4, 0.5) is 4.79 Å². The second-order valence-corrected chi connectivity index (χ2v) is 7.66. The number of hydrogen-bond acceptors (Lipinski definition) is 3. The number of thioether (sulfide) groups is 1. The fraction of sp³-hybridized carbons (Fsp3) is 0.923. The van der Waals surface area contributed by atoms with E-state index in [-0.39, 0.29) is 6.09 Å². The average Bonchev–Trinajstić information content (AvgIpc) is 2.03. The van der Waals surface area contributed by atoms with E-state index >= 15 is 0 Å². The van der Waals surface area contributed by atoms with E-state index in [0.717, 1.165) is 18.1 Å². The Hall–Kier alpha value is -0.380. The zero-order chi connectivity index (χ0) is 12.7. The highest BCUT2D eigenvalue weighted by molar-refractivity contribution is 7.99. The summed E-state index contributed by atoms with van der Waals surface area (Å²) in [6.45, 7) is 5.68. The van der Waals surface area contributed by atoms with Gasteiger partial charge in [-0.3, -0.25) is 0 Å². The molecule has 0 aromatic rings. The Labute approximate surface area is 108 Å². The van der Waals surface area contributed by atoms with E-state index < -0.39 is 5.60 Å². The number of carbonyl (C=O) groups is 1. The number of hydrogen-bond donors (Lipinski definition) is 1. The Balaban J connectivity index is 1.66. The maximum absolute atomic E-state index is 11.6. The van der Waals surface area contributed by atoms with Crippen LogP contribution in [0.25, 0.3) is 0 Å². The lowest BCUT2D eigenvalue weighted by molar-refractivity contribution is -0.00537. The topological polar surface area (TPSA) is 38.3 Å². The molecule has 0 radical (unpaired) electrons. The number of carbonyl (C=O) groups excluding carboxylic acids is 1. The first-order chi connectivity index (χ1) is 7.82. The molecule has 0 bridgehead atoms. The van der Waals surface area contributed by atoms with Gasteiger partial charge in [0.1, 0.15) is 5.60 Å². The molecule has 0 unspecified atom stereocenters. The van der Waals surface area contributed by atoms with Crippen LogP contribution in [0.2, 0.25) is 0 Å². The molecule has 17 heavy (non-hydrogen) atoms. The maximum Gasteiger partial charge on any atom is 0.407 e. The number of alkyl carbamates (subject to hydrolysis) is 1. The third-order valence-electron chi connectivity index (χ3n) is 3.73. The minimum atomic E-state index is -0.397. The normalized spacial score (nSPS) is 36.0. The molecular formula is C13H23NO2S. The first-order valence-corrected chi connectivity index (χ1v) is 7.63. The molecule has 2 aliphatic carbocycles. The van der Waals surface area contributed by atoms with Crippen LogP contribution < -0.4 is 5.32 Å². The standard InChI is InChI=1S/C13H23NO2S/c1-12(2,3)16-11(15)14-9-5-13(6-9)7-10(8-13)17-4/h9-10H,5-8H2,1-4H3,(H,14,15). The SMILES string of the molecule is CSC1CC2(CC(NC(=O)OC(C)(C)C)C2)C1. The van der Waals surface area contributed by atoms with Gasteiger partial charge in [-0.1, -0.05) is 0 Å². The second-order valence-electron chi connectivity index (χ2n) is 6.52. The third-order valence-corrected chi connectivity index (χ3v) is 4.73. The molecule has 98 valence electrons. The Bertz CT molecular complexity index is 297. The molecule has 0 heterocycles. The fourth-order valence-electron chi connectivity index (χ4n) is 2.97. The molecule has 2 rings (SSSR count). The second kappa shape index (κ2) is 4.38. The van der Waals surface area contributed by atoms with Crippen LogP contribution in [-0.4, -0.2) is 29.2 Å². The van der Waals surface area contributed by atoms with Gasteiger partial charge in [-0.2, -0.15) is 11.8 Å². The summed E-state index contributed by atoms with van der Waals surface area (Å²) in [4.78, 5) is 11.6. The lowest BCUT2D eigenvalue weighted by Crippen LogP contribution is -2.57. The van der Waals surface area contributed by atoms with Crippen LogP contribution in [0.1, 0.15) is 46.5 Å². The molecule has 0 aromatic heterocycles. The van der Waals surface area contributed by atoms with Crippen LogP contribution >= 0.6 is 11.8 Å². The summed E-state index contributed by atoms with van der Waals surface area (Å²) in [6.07, 6.45) is 6.87. The van der Waals surface area contributed by atoms with E-state index in [2.05, 4.69) is 11.6 Å². The van der Waals surface area contributed by atoms with Gasteiger partial charge in [-0.05, 0) is 58.1 Å². The third kappa shape index (κ3) is 3.09. The Morgan fingerprint density at radius 3 is 2.35 bits per heavy atom. The van der Waals surface area contributed by atoms with Gasteiger partial charge in [-0.15, -0.1) is 0 Å². The number of nitrogens with one attached hydrogen (secondary N) is 1. The molecular weight excluding hydrogens is 234 g/mol. The molecule has 4 heteroatoms. The number of ether oxygens (including phenoxy) is 1. The van der Waals surface area contributed by atoms with E-state index in [4.69, 9.17) is 4.74 Å². The van der Waals surface area contributed by atoms with Crippen LogP contribution in [-0.2, 0) is 4.74 Å². The van der Waals surface area contributed by atoms with Crippen LogP contribution in [0, 0.1) is 5.41 Å². The zero-order valence-electron chi connectivity index (χ0n) is 11.2. The summed E-state index contributed by atoms with van der Waals surface area (Å²) >= 11 is 1.97. The van der Waals surface area contributed by atoms with Gasteiger partial charge in [0, 0.05) is 11.3 Å². The predicted octanol–water partition coefficient (Wildman–Crippen LogP) is 3.19. The van der Waals surface area contributed by atoms with Crippen molar-refractivity contribution in [1.29, 1.82) is 0 Å². The van der Waals surface area contributed by atoms with E-state index in [9.17, 15) is 4.79 Å². The van der Waals surface area contributed by atoms with Gasteiger partial charge >= 0.3 is 6.09 Å². The molecule has 0 aliphatic heterocycles. The van der Waals surface area contributed by atoms with E-state index in [0.29, 0.717) is 11.5 Å². The summed E-state index contributed by atoms with van der Waals surface area (Å²) in [7, 11) is 0. The van der Waals surface area contributed by atoms with Gasteiger partial charge in [-0.25, -0.2) is 4.79 Å². The smallest absolute Gasteiger partial charge is 0.407 e. The summed E-state index contributed by atoms with van der Waals surface area (Å²) in [6, 6.07) is 0.340. The summed E-state index contributed by atoms with van der Waals surface area (Å²) < 4.78 is 5.25. The first kappa shape index (κ1) is 13.1. The van der Waals surface area contributed by atoms with Crippen molar-refractivity contribution in [2.45, 2.75) is 63.3 Å². The van der Waals surface area contributed by atoms with Crippen molar-refractivity contribution in [3.8, 4) is 0 Å². The van der Waals surface area contributed by atoms with Crippen LogP contribution in [0.3, 0.4) is 0 Å². The van der Waals surface area contributed by atoms with Gasteiger partial charge in [0.2, 0.25) is 0 Å². The van der Waals surface area contributed by atoms with Gasteiger partial charge in [0.05, 0.1) is 0 Å². The minimum Gasteiger partial charge on any atom is -0.444 e. The molecule has 3 nitrogen and oxygen atoms in total. The number of rotatable bonds is 2. The van der Waals surface area contributed by atoms with E-state index in [1.165, 1.54) is 12.8 Å². The summed E-state index contributed by atoms with van der Waals surface area (Å²) in [5.74, 6) is 0. The van der Waals surface area contributed by atoms with Gasteiger partial charge in [0.25, 0.3) is 0 Å². The Kier molecular flexibility index (Phi) is 3.36. The molecule has 1 spiro atoms. The fourth-order valence-corrected chi connectivity index (χ4v) is 4.01. The highest BCUT2D eigenvalue weighted by atomic mass is 32.2. The van der Waals surface area contributed by atoms with Crippen molar-refractivity contribution in [3.63, 3.8) is 0 Å². The van der Waals surface area contributed by atoms with Gasteiger partial charge < -0.3 is 10.1 Å². The predicted molar refractivity (Wildman–Crippen MR) is 71.4 cm³/mol. The molecule has 1 N–H and O–H groups in total. The Morgan fingerprint density at radius 2 is 1.88 bits per heavy atom. The van der Waals surface area contributed by atoms with Gasteiger partial charge in [0.15, 0.2) is 0 Å². The van der Waals surface area contributed by atoms with Crippen molar-refractivity contribution >= 4 is 17.9 Å². The molecule has 0 atom stereocenters. The van der Waals surface area contributed by atoms with Crippen molar-refractivity contribution in [1.82, 2.24) is 5.32 Å². The highest BCUT2D eigenvalue weighted by Gasteiger charge is 2.53.